The van der Waals surface area contributed by atoms with Crippen molar-refractivity contribution in [2.75, 3.05) is 12.4 Å². The lowest BCUT2D eigenvalue weighted by Crippen LogP contribution is -2.32. The highest BCUT2D eigenvalue weighted by molar-refractivity contribution is 8.00. The Morgan fingerprint density at radius 3 is 2.96 bits per heavy atom. The molecule has 0 bridgehead atoms. The van der Waals surface area contributed by atoms with Gasteiger partial charge in [0.2, 0.25) is 0 Å². The summed E-state index contributed by atoms with van der Waals surface area (Å²) in [5.74, 6) is -0.0324. The van der Waals surface area contributed by atoms with Gasteiger partial charge in [-0.2, -0.15) is 4.99 Å². The fourth-order valence-corrected chi connectivity index (χ4v) is 3.87. The van der Waals surface area contributed by atoms with Crippen LogP contribution in [0.2, 0.25) is 0 Å². The Morgan fingerprint density at radius 2 is 2.16 bits per heavy atom. The fourth-order valence-electron chi connectivity index (χ4n) is 2.77. The van der Waals surface area contributed by atoms with Crippen LogP contribution in [0.1, 0.15) is 23.2 Å². The van der Waals surface area contributed by atoms with E-state index in [4.69, 9.17) is 15.2 Å². The standard InChI is InChI=1S/C18H20N2O4S/c19-15-9-5-4-8-13(17(21)20-15)14-11-25-16(24-14)10-23-18(22)12-6-2-1-3-7-12/h1-3,5-7,9,13-14,16H,4,8,10-11H2,(H2,19,20,21). The zero-order chi connectivity index (χ0) is 17.6. The molecule has 1 aromatic rings. The van der Waals surface area contributed by atoms with Crippen molar-refractivity contribution in [1.82, 2.24) is 0 Å². The number of carbonyl (C=O) groups excluding carboxylic acids is 2. The van der Waals surface area contributed by atoms with Gasteiger partial charge < -0.3 is 15.2 Å². The molecule has 0 radical (unpaired) electrons. The Kier molecular flexibility index (Phi) is 5.88. The van der Waals surface area contributed by atoms with E-state index in [0.717, 1.165) is 6.42 Å². The molecule has 1 saturated heterocycles. The molecule has 1 amide bonds. The highest BCUT2D eigenvalue weighted by Gasteiger charge is 2.36. The fraction of sp³-hybridized carbons (Fsp3) is 0.389. The number of benzene rings is 1. The number of thioether (sulfide) groups is 1. The zero-order valence-electron chi connectivity index (χ0n) is 13.7. The lowest BCUT2D eigenvalue weighted by atomic mass is 9.96. The second kappa shape index (κ2) is 8.31. The van der Waals surface area contributed by atoms with Gasteiger partial charge in [-0.3, -0.25) is 4.79 Å². The van der Waals surface area contributed by atoms with Crippen molar-refractivity contribution in [2.45, 2.75) is 24.4 Å². The van der Waals surface area contributed by atoms with Gasteiger partial charge in [-0.15, -0.1) is 11.8 Å². The smallest absolute Gasteiger partial charge is 0.338 e. The number of ether oxygens (including phenoxy) is 2. The molecule has 1 aromatic carbocycles. The number of carbonyl (C=O) groups is 2. The maximum atomic E-state index is 12.2. The van der Waals surface area contributed by atoms with E-state index in [1.807, 2.05) is 12.1 Å². The van der Waals surface area contributed by atoms with Gasteiger partial charge in [-0.1, -0.05) is 24.3 Å². The third-order valence-corrected chi connectivity index (χ3v) is 5.21. The second-order valence-corrected chi connectivity index (χ2v) is 7.06. The average molecular weight is 360 g/mol. The molecule has 2 heterocycles. The first-order valence-electron chi connectivity index (χ1n) is 8.17. The SMILES string of the molecule is NC1=NC(=O)C(C2CSC(COC(=O)c3ccccc3)O2)CCC=C1. The van der Waals surface area contributed by atoms with Crippen LogP contribution in [-0.2, 0) is 14.3 Å². The van der Waals surface area contributed by atoms with E-state index >= 15 is 0 Å². The van der Waals surface area contributed by atoms with Crippen LogP contribution in [-0.4, -0.2) is 41.6 Å². The monoisotopic (exact) mass is 360 g/mol. The van der Waals surface area contributed by atoms with Gasteiger partial charge in [0.15, 0.2) is 0 Å². The summed E-state index contributed by atoms with van der Waals surface area (Å²) in [6.45, 7) is 0.154. The van der Waals surface area contributed by atoms with Crippen molar-refractivity contribution in [3.05, 3.63) is 48.0 Å². The van der Waals surface area contributed by atoms with Crippen LogP contribution in [0.25, 0.3) is 0 Å². The van der Waals surface area contributed by atoms with Gasteiger partial charge in [0.1, 0.15) is 17.9 Å². The lowest BCUT2D eigenvalue weighted by Gasteiger charge is -2.21. The van der Waals surface area contributed by atoms with E-state index in [9.17, 15) is 9.59 Å². The van der Waals surface area contributed by atoms with Gasteiger partial charge in [-0.25, -0.2) is 4.79 Å². The summed E-state index contributed by atoms with van der Waals surface area (Å²) >= 11 is 1.55. The predicted molar refractivity (Wildman–Crippen MR) is 96.3 cm³/mol. The van der Waals surface area contributed by atoms with Gasteiger partial charge in [0, 0.05) is 5.75 Å². The summed E-state index contributed by atoms with van der Waals surface area (Å²) in [4.78, 5) is 28.1. The normalized spacial score (nSPS) is 26.6. The number of amides is 1. The van der Waals surface area contributed by atoms with Crippen molar-refractivity contribution in [3.63, 3.8) is 0 Å². The number of rotatable bonds is 4. The first kappa shape index (κ1) is 17.7. The zero-order valence-corrected chi connectivity index (χ0v) is 14.5. The summed E-state index contributed by atoms with van der Waals surface area (Å²) < 4.78 is 11.2. The molecule has 7 heteroatoms. The van der Waals surface area contributed by atoms with E-state index in [0.29, 0.717) is 17.7 Å². The van der Waals surface area contributed by atoms with Crippen molar-refractivity contribution in [1.29, 1.82) is 0 Å². The van der Waals surface area contributed by atoms with E-state index in [1.54, 1.807) is 42.1 Å². The minimum Gasteiger partial charge on any atom is -0.458 e. The molecule has 2 aliphatic rings. The van der Waals surface area contributed by atoms with Crippen molar-refractivity contribution in [3.8, 4) is 0 Å². The van der Waals surface area contributed by atoms with Gasteiger partial charge in [0.25, 0.3) is 5.91 Å². The lowest BCUT2D eigenvalue weighted by molar-refractivity contribution is -0.126. The summed E-state index contributed by atoms with van der Waals surface area (Å²) in [5.41, 5.74) is 5.90. The van der Waals surface area contributed by atoms with Gasteiger partial charge in [0.05, 0.1) is 17.6 Å². The molecule has 132 valence electrons. The number of hydrogen-bond donors (Lipinski definition) is 1. The number of nitrogens with zero attached hydrogens (tertiary/aromatic N) is 1. The molecule has 2 N–H and O–H groups in total. The minimum atomic E-state index is -0.377. The van der Waals surface area contributed by atoms with Gasteiger partial charge >= 0.3 is 5.97 Å². The van der Waals surface area contributed by atoms with E-state index in [2.05, 4.69) is 4.99 Å². The molecule has 25 heavy (non-hydrogen) atoms. The third-order valence-electron chi connectivity index (χ3n) is 4.07. The second-order valence-electron chi connectivity index (χ2n) is 5.86. The highest BCUT2D eigenvalue weighted by Crippen LogP contribution is 2.32. The molecule has 1 fully saturated rings. The molecule has 3 atom stereocenters. The molecular weight excluding hydrogens is 340 g/mol. The maximum absolute atomic E-state index is 12.2. The molecule has 3 rings (SSSR count). The Bertz CT molecular complexity index is 690. The predicted octanol–water partition coefficient (Wildman–Crippen LogP) is 2.15. The van der Waals surface area contributed by atoms with Crippen LogP contribution >= 0.6 is 11.8 Å². The Labute approximate surface area is 150 Å². The summed E-state index contributed by atoms with van der Waals surface area (Å²) in [6.07, 6.45) is 4.77. The van der Waals surface area contributed by atoms with E-state index in [-0.39, 0.29) is 41.8 Å². The van der Waals surface area contributed by atoms with Crippen LogP contribution in [0.5, 0.6) is 0 Å². The Hall–Kier alpha value is -2.12. The summed E-state index contributed by atoms with van der Waals surface area (Å²) in [6, 6.07) is 8.82. The van der Waals surface area contributed by atoms with E-state index < -0.39 is 0 Å². The molecule has 0 saturated carbocycles. The van der Waals surface area contributed by atoms with Crippen LogP contribution in [0.3, 0.4) is 0 Å². The summed E-state index contributed by atoms with van der Waals surface area (Å²) in [5, 5.41) is 0. The summed E-state index contributed by atoms with van der Waals surface area (Å²) in [7, 11) is 0. The largest absolute Gasteiger partial charge is 0.458 e. The first-order chi connectivity index (χ1) is 12.1. The molecule has 0 spiro atoms. The Balaban J connectivity index is 1.52. The molecular formula is C18H20N2O4S. The van der Waals surface area contributed by atoms with Crippen LogP contribution in [0, 0.1) is 5.92 Å². The number of nitrogens with two attached hydrogens (primary N) is 1. The quantitative estimate of drug-likeness (QED) is 0.828. The molecule has 6 nitrogen and oxygen atoms in total. The highest BCUT2D eigenvalue weighted by atomic mass is 32.2. The molecule has 3 unspecified atom stereocenters. The van der Waals surface area contributed by atoms with Crippen molar-refractivity contribution >= 4 is 29.5 Å². The number of hydrogen-bond acceptors (Lipinski definition) is 6. The van der Waals surface area contributed by atoms with Crippen molar-refractivity contribution < 1.29 is 19.1 Å². The molecule has 0 aliphatic carbocycles. The topological polar surface area (TPSA) is 91.0 Å². The number of allylic oxidation sites excluding steroid dienone is 1. The van der Waals surface area contributed by atoms with E-state index in [1.165, 1.54) is 0 Å². The number of esters is 1. The third kappa shape index (κ3) is 4.70. The van der Waals surface area contributed by atoms with Crippen LogP contribution < -0.4 is 5.73 Å². The Morgan fingerprint density at radius 1 is 1.36 bits per heavy atom. The number of aliphatic imine (C=N–C) groups is 1. The van der Waals surface area contributed by atoms with Crippen LogP contribution in [0.15, 0.2) is 47.5 Å². The number of amidine groups is 1. The van der Waals surface area contributed by atoms with Crippen LogP contribution in [0.4, 0.5) is 0 Å². The minimum absolute atomic E-state index is 0.154. The maximum Gasteiger partial charge on any atom is 0.338 e. The van der Waals surface area contributed by atoms with Crippen molar-refractivity contribution in [2.24, 2.45) is 16.6 Å². The molecule has 2 aliphatic heterocycles. The average Bonchev–Trinajstić information content (AvgIpc) is 3.07. The molecule has 0 aromatic heterocycles. The van der Waals surface area contributed by atoms with Gasteiger partial charge in [-0.05, 0) is 31.1 Å². The first-order valence-corrected chi connectivity index (χ1v) is 9.22.